The molecule has 0 bridgehead atoms. The van der Waals surface area contributed by atoms with Gasteiger partial charge in [-0.25, -0.2) is 4.79 Å². The van der Waals surface area contributed by atoms with Crippen LogP contribution in [0, 0.1) is 17.2 Å². The molecule has 1 fully saturated rings. The average molecular weight is 603 g/mol. The van der Waals surface area contributed by atoms with Crippen LogP contribution < -0.4 is 0 Å². The summed E-state index contributed by atoms with van der Waals surface area (Å²) in [4.78, 5) is 22.8. The highest BCUT2D eigenvalue weighted by molar-refractivity contribution is 7.17. The second-order valence-electron chi connectivity index (χ2n) is 10.4. The normalized spacial score (nSPS) is 15.5. The zero-order valence-corrected chi connectivity index (χ0v) is 24.4. The number of benzene rings is 2. The van der Waals surface area contributed by atoms with E-state index < -0.39 is 24.2 Å². The maximum absolute atomic E-state index is 11.8. The standard InChI is InChI=1S/C28H32N4O2S.C2HF3O2/c1-4-23-21(17-32-13-6-5-10-25(32)28(33)34)8-7-9-24(23)27-31-30-26(35-27)20-12-11-19(14-18(2)3)22(15-20)16-29;3-2(4,5)1(6)7/h7-9,11-12,15,18,25H,4-6,10,13-14,17H2,1-3H3,(H,33,34);(H,6,7). The lowest BCUT2D eigenvalue weighted by Gasteiger charge is -2.33. The summed E-state index contributed by atoms with van der Waals surface area (Å²) in [6.07, 6.45) is -0.679. The van der Waals surface area contributed by atoms with Crippen LogP contribution in [0.1, 0.15) is 62.3 Å². The number of halogens is 3. The zero-order valence-electron chi connectivity index (χ0n) is 23.6. The van der Waals surface area contributed by atoms with Crippen LogP contribution in [0.15, 0.2) is 36.4 Å². The SMILES string of the molecule is CCc1c(CN2CCCCC2C(=O)O)cccc1-c1nnc(-c2ccc(CC(C)C)c(C#N)c2)s1.O=C(O)C(F)(F)F. The number of carbonyl (C=O) groups is 2. The monoisotopic (exact) mass is 602 g/mol. The Hall–Kier alpha value is -3.82. The lowest BCUT2D eigenvalue weighted by molar-refractivity contribution is -0.192. The number of hydrogen-bond acceptors (Lipinski definition) is 7. The Balaban J connectivity index is 0.000000616. The van der Waals surface area contributed by atoms with Crippen molar-refractivity contribution in [1.82, 2.24) is 15.1 Å². The largest absolute Gasteiger partial charge is 0.490 e. The first kappa shape index (κ1) is 32.7. The molecule has 0 saturated carbocycles. The Morgan fingerprint density at radius 2 is 1.81 bits per heavy atom. The van der Waals surface area contributed by atoms with Gasteiger partial charge in [-0.1, -0.05) is 68.9 Å². The van der Waals surface area contributed by atoms with Crippen LogP contribution in [0.25, 0.3) is 21.1 Å². The molecule has 2 N–H and O–H groups in total. The number of hydrogen-bond donors (Lipinski definition) is 2. The first-order valence-corrected chi connectivity index (χ1v) is 14.4. The molecule has 224 valence electrons. The molecule has 0 radical (unpaired) electrons. The van der Waals surface area contributed by atoms with Crippen molar-refractivity contribution in [1.29, 1.82) is 5.26 Å². The Morgan fingerprint density at radius 1 is 1.12 bits per heavy atom. The molecule has 1 saturated heterocycles. The molecule has 0 spiro atoms. The number of aliphatic carboxylic acids is 2. The molecule has 2 aromatic carbocycles. The first-order valence-electron chi connectivity index (χ1n) is 13.6. The molecule has 42 heavy (non-hydrogen) atoms. The highest BCUT2D eigenvalue weighted by Gasteiger charge is 2.38. The average Bonchev–Trinajstić information content (AvgIpc) is 3.43. The van der Waals surface area contributed by atoms with Gasteiger partial charge in [0.05, 0.1) is 11.6 Å². The van der Waals surface area contributed by atoms with Crippen LogP contribution in [0.5, 0.6) is 0 Å². The molecule has 2 heterocycles. The summed E-state index contributed by atoms with van der Waals surface area (Å²) in [7, 11) is 0. The van der Waals surface area contributed by atoms with Gasteiger partial charge in [-0.2, -0.15) is 18.4 Å². The molecule has 3 aromatic rings. The van der Waals surface area contributed by atoms with Gasteiger partial charge in [-0.3, -0.25) is 9.69 Å². The summed E-state index contributed by atoms with van der Waals surface area (Å²) in [5, 5.41) is 37.1. The molecule has 1 unspecified atom stereocenters. The third-order valence-corrected chi connectivity index (χ3v) is 7.91. The van der Waals surface area contributed by atoms with Crippen LogP contribution in [0.2, 0.25) is 0 Å². The van der Waals surface area contributed by atoms with E-state index in [0.29, 0.717) is 24.4 Å². The van der Waals surface area contributed by atoms with Gasteiger partial charge in [0, 0.05) is 17.7 Å². The molecule has 0 amide bonds. The van der Waals surface area contributed by atoms with Gasteiger partial charge >= 0.3 is 18.1 Å². The number of rotatable bonds is 8. The third-order valence-electron chi connectivity index (χ3n) is 6.90. The Kier molecular flexibility index (Phi) is 11.2. The van der Waals surface area contributed by atoms with Crippen LogP contribution in [-0.2, 0) is 29.0 Å². The van der Waals surface area contributed by atoms with Gasteiger partial charge in [0.15, 0.2) is 0 Å². The van der Waals surface area contributed by atoms with Crippen molar-refractivity contribution in [3.63, 3.8) is 0 Å². The molecule has 0 aliphatic carbocycles. The number of nitrogens with zero attached hydrogens (tertiary/aromatic N) is 4. The van der Waals surface area contributed by atoms with E-state index >= 15 is 0 Å². The van der Waals surface area contributed by atoms with Gasteiger partial charge in [-0.05, 0) is 60.9 Å². The molecule has 1 aliphatic heterocycles. The van der Waals surface area contributed by atoms with Crippen LogP contribution >= 0.6 is 11.3 Å². The molecule has 12 heteroatoms. The van der Waals surface area contributed by atoms with E-state index in [4.69, 9.17) is 9.90 Å². The molecule has 1 aromatic heterocycles. The highest BCUT2D eigenvalue weighted by Crippen LogP contribution is 2.35. The van der Waals surface area contributed by atoms with Gasteiger partial charge in [0.1, 0.15) is 16.1 Å². The minimum Gasteiger partial charge on any atom is -0.480 e. The van der Waals surface area contributed by atoms with E-state index in [2.05, 4.69) is 54.1 Å². The fourth-order valence-electron chi connectivity index (χ4n) is 4.96. The maximum Gasteiger partial charge on any atom is 0.490 e. The topological polar surface area (TPSA) is 127 Å². The first-order chi connectivity index (χ1) is 19.8. The summed E-state index contributed by atoms with van der Waals surface area (Å²) < 4.78 is 31.7. The molecular formula is C30H33F3N4O4S. The number of piperidine rings is 1. The third kappa shape index (κ3) is 8.36. The second kappa shape index (κ2) is 14.4. The van der Waals surface area contributed by atoms with Crippen molar-refractivity contribution in [2.45, 2.75) is 71.6 Å². The maximum atomic E-state index is 11.8. The zero-order chi connectivity index (χ0) is 31.0. The van der Waals surface area contributed by atoms with Gasteiger partial charge < -0.3 is 10.2 Å². The van der Waals surface area contributed by atoms with E-state index in [9.17, 15) is 28.3 Å². The van der Waals surface area contributed by atoms with Crippen LogP contribution in [0.4, 0.5) is 13.2 Å². The van der Waals surface area contributed by atoms with E-state index in [1.54, 1.807) is 0 Å². The van der Waals surface area contributed by atoms with E-state index in [-0.39, 0.29) is 0 Å². The van der Waals surface area contributed by atoms with Crippen molar-refractivity contribution >= 4 is 23.3 Å². The number of alkyl halides is 3. The molecule has 1 atom stereocenters. The predicted molar refractivity (Wildman–Crippen MR) is 153 cm³/mol. The number of nitriles is 1. The minimum absolute atomic E-state index is 0.418. The highest BCUT2D eigenvalue weighted by atomic mass is 32.1. The summed E-state index contributed by atoms with van der Waals surface area (Å²) in [6, 6.07) is 14.1. The molecule has 1 aliphatic rings. The Labute approximate surface area is 246 Å². The number of likely N-dealkylation sites (tertiary alicyclic amines) is 1. The van der Waals surface area contributed by atoms with Crippen molar-refractivity contribution in [3.8, 4) is 27.2 Å². The summed E-state index contributed by atoms with van der Waals surface area (Å²) in [5.74, 6) is -3.01. The summed E-state index contributed by atoms with van der Waals surface area (Å²) in [6.45, 7) is 7.86. The summed E-state index contributed by atoms with van der Waals surface area (Å²) in [5.41, 5.74) is 6.06. The van der Waals surface area contributed by atoms with E-state index in [1.165, 1.54) is 16.9 Å². The number of aromatic nitrogens is 2. The fourth-order valence-corrected chi connectivity index (χ4v) is 5.85. The molecule has 4 rings (SSSR count). The van der Waals surface area contributed by atoms with Gasteiger partial charge in [0.25, 0.3) is 0 Å². The van der Waals surface area contributed by atoms with Crippen molar-refractivity contribution in [3.05, 3.63) is 58.7 Å². The lowest BCUT2D eigenvalue weighted by Crippen LogP contribution is -2.44. The number of carboxylic acids is 2. The smallest absolute Gasteiger partial charge is 0.480 e. The van der Waals surface area contributed by atoms with Crippen molar-refractivity contribution in [2.75, 3.05) is 6.54 Å². The summed E-state index contributed by atoms with van der Waals surface area (Å²) >= 11 is 1.53. The van der Waals surface area contributed by atoms with E-state index in [0.717, 1.165) is 64.5 Å². The fraction of sp³-hybridized carbons (Fsp3) is 0.433. The molecule has 8 nitrogen and oxygen atoms in total. The Bertz CT molecular complexity index is 1450. The quantitative estimate of drug-likeness (QED) is 0.296. The predicted octanol–water partition coefficient (Wildman–Crippen LogP) is 6.58. The minimum atomic E-state index is -5.08. The molecular weight excluding hydrogens is 569 g/mol. The second-order valence-corrected chi connectivity index (χ2v) is 11.4. The Morgan fingerprint density at radius 3 is 2.40 bits per heavy atom. The van der Waals surface area contributed by atoms with Crippen molar-refractivity contribution < 1.29 is 33.0 Å². The van der Waals surface area contributed by atoms with Crippen molar-refractivity contribution in [2.24, 2.45) is 5.92 Å². The van der Waals surface area contributed by atoms with Crippen LogP contribution in [0.3, 0.4) is 0 Å². The van der Waals surface area contributed by atoms with Crippen LogP contribution in [-0.4, -0.2) is 56.0 Å². The van der Waals surface area contributed by atoms with Gasteiger partial charge in [-0.15, -0.1) is 10.2 Å². The number of carboxylic acid groups (broad SMARTS) is 2. The van der Waals surface area contributed by atoms with Gasteiger partial charge in [0.2, 0.25) is 0 Å². The van der Waals surface area contributed by atoms with E-state index in [1.807, 2.05) is 24.3 Å². The lowest BCUT2D eigenvalue weighted by atomic mass is 9.96.